The van der Waals surface area contributed by atoms with Crippen molar-refractivity contribution in [3.63, 3.8) is 0 Å². The fourth-order valence-electron chi connectivity index (χ4n) is 3.62. The van der Waals surface area contributed by atoms with Gasteiger partial charge < -0.3 is 4.90 Å². The third kappa shape index (κ3) is 3.46. The zero-order valence-corrected chi connectivity index (χ0v) is 15.1. The molecule has 2 heterocycles. The number of benzene rings is 2. The molecule has 0 atom stereocenters. The van der Waals surface area contributed by atoms with Gasteiger partial charge >= 0.3 is 0 Å². The SMILES string of the molecule is Cc1cccc(CN2CCN(C(=O)c3cccc4cccnc34)CC2)c1. The van der Waals surface area contributed by atoms with Gasteiger partial charge in [-0.1, -0.05) is 48.0 Å². The van der Waals surface area contributed by atoms with E-state index in [1.54, 1.807) is 6.20 Å². The summed E-state index contributed by atoms with van der Waals surface area (Å²) in [5, 5.41) is 1.01. The molecule has 4 heteroatoms. The Kier molecular flexibility index (Phi) is 4.67. The number of nitrogens with zero attached hydrogens (tertiary/aromatic N) is 3. The Morgan fingerprint density at radius 1 is 1.00 bits per heavy atom. The number of para-hydroxylation sites is 1. The fraction of sp³-hybridized carbons (Fsp3) is 0.273. The van der Waals surface area contributed by atoms with E-state index in [1.807, 2.05) is 35.2 Å². The monoisotopic (exact) mass is 345 g/mol. The first kappa shape index (κ1) is 16.7. The normalized spacial score (nSPS) is 15.3. The van der Waals surface area contributed by atoms with Crippen molar-refractivity contribution in [2.45, 2.75) is 13.5 Å². The second-order valence-corrected chi connectivity index (χ2v) is 6.94. The summed E-state index contributed by atoms with van der Waals surface area (Å²) < 4.78 is 0. The second kappa shape index (κ2) is 7.26. The zero-order valence-electron chi connectivity index (χ0n) is 15.1. The van der Waals surface area contributed by atoms with E-state index >= 15 is 0 Å². The van der Waals surface area contributed by atoms with Crippen LogP contribution in [0.25, 0.3) is 10.9 Å². The topological polar surface area (TPSA) is 36.4 Å². The fourth-order valence-corrected chi connectivity index (χ4v) is 3.62. The molecule has 4 rings (SSSR count). The summed E-state index contributed by atoms with van der Waals surface area (Å²) in [6.07, 6.45) is 1.75. The van der Waals surface area contributed by atoms with E-state index in [4.69, 9.17) is 0 Å². The number of carbonyl (C=O) groups excluding carboxylic acids is 1. The molecule has 26 heavy (non-hydrogen) atoms. The highest BCUT2D eigenvalue weighted by Gasteiger charge is 2.23. The average Bonchev–Trinajstić information content (AvgIpc) is 2.68. The molecule has 1 fully saturated rings. The number of fused-ring (bicyclic) bond motifs is 1. The van der Waals surface area contributed by atoms with E-state index in [0.717, 1.165) is 43.6 Å². The molecule has 2 aromatic carbocycles. The number of amides is 1. The van der Waals surface area contributed by atoms with Crippen LogP contribution in [0, 0.1) is 6.92 Å². The standard InChI is InChI=1S/C22H23N3O/c1-17-5-2-6-18(15-17)16-24-11-13-25(14-12-24)22(26)20-9-3-7-19-8-4-10-23-21(19)20/h2-10,15H,11-14,16H2,1H3. The van der Waals surface area contributed by atoms with Gasteiger partial charge in [0.1, 0.15) is 0 Å². The summed E-state index contributed by atoms with van der Waals surface area (Å²) >= 11 is 0. The van der Waals surface area contributed by atoms with Gasteiger partial charge in [0.25, 0.3) is 5.91 Å². The van der Waals surface area contributed by atoms with Crippen molar-refractivity contribution < 1.29 is 4.79 Å². The predicted molar refractivity (Wildman–Crippen MR) is 104 cm³/mol. The number of rotatable bonds is 3. The van der Waals surface area contributed by atoms with Gasteiger partial charge in [-0.05, 0) is 24.6 Å². The number of hydrogen-bond donors (Lipinski definition) is 0. The number of hydrogen-bond acceptors (Lipinski definition) is 3. The van der Waals surface area contributed by atoms with Crippen LogP contribution in [-0.4, -0.2) is 46.9 Å². The summed E-state index contributed by atoms with van der Waals surface area (Å²) in [5.41, 5.74) is 4.13. The number of aryl methyl sites for hydroxylation is 1. The van der Waals surface area contributed by atoms with Crippen LogP contribution >= 0.6 is 0 Å². The zero-order chi connectivity index (χ0) is 17.9. The summed E-state index contributed by atoms with van der Waals surface area (Å²) in [6.45, 7) is 6.38. The van der Waals surface area contributed by atoms with Crippen molar-refractivity contribution in [2.75, 3.05) is 26.2 Å². The molecule has 1 aromatic heterocycles. The largest absolute Gasteiger partial charge is 0.336 e. The van der Waals surface area contributed by atoms with Crippen molar-refractivity contribution in [1.82, 2.24) is 14.8 Å². The highest BCUT2D eigenvalue weighted by Crippen LogP contribution is 2.19. The van der Waals surface area contributed by atoms with Crippen LogP contribution in [0.15, 0.2) is 60.8 Å². The Morgan fingerprint density at radius 2 is 1.77 bits per heavy atom. The molecule has 0 saturated carbocycles. The lowest BCUT2D eigenvalue weighted by Gasteiger charge is -2.35. The Balaban J connectivity index is 1.43. The molecule has 0 unspecified atom stereocenters. The number of aromatic nitrogens is 1. The van der Waals surface area contributed by atoms with E-state index in [9.17, 15) is 4.79 Å². The summed E-state index contributed by atoms with van der Waals surface area (Å²) in [6, 6.07) is 18.4. The van der Waals surface area contributed by atoms with E-state index in [2.05, 4.69) is 41.1 Å². The molecule has 1 saturated heterocycles. The molecule has 132 valence electrons. The van der Waals surface area contributed by atoms with E-state index in [-0.39, 0.29) is 5.91 Å². The molecule has 4 nitrogen and oxygen atoms in total. The molecule has 0 radical (unpaired) electrons. The van der Waals surface area contributed by atoms with Crippen LogP contribution in [0.1, 0.15) is 21.5 Å². The number of piperazine rings is 1. The molecule has 3 aromatic rings. The Bertz CT molecular complexity index is 924. The van der Waals surface area contributed by atoms with Crippen molar-refractivity contribution in [2.24, 2.45) is 0 Å². The van der Waals surface area contributed by atoms with Crippen molar-refractivity contribution >= 4 is 16.8 Å². The molecular formula is C22H23N3O. The van der Waals surface area contributed by atoms with Crippen LogP contribution in [-0.2, 0) is 6.54 Å². The molecule has 0 aliphatic carbocycles. The molecule has 0 N–H and O–H groups in total. The van der Waals surface area contributed by atoms with Crippen LogP contribution in [0.3, 0.4) is 0 Å². The average molecular weight is 345 g/mol. The molecule has 1 aliphatic heterocycles. The van der Waals surface area contributed by atoms with Crippen molar-refractivity contribution in [3.05, 3.63) is 77.5 Å². The molecule has 1 amide bonds. The van der Waals surface area contributed by atoms with Gasteiger partial charge in [-0.25, -0.2) is 0 Å². The van der Waals surface area contributed by atoms with E-state index < -0.39 is 0 Å². The van der Waals surface area contributed by atoms with Gasteiger partial charge in [0, 0.05) is 44.3 Å². The van der Waals surface area contributed by atoms with Gasteiger partial charge in [-0.2, -0.15) is 0 Å². The van der Waals surface area contributed by atoms with Gasteiger partial charge in [0.15, 0.2) is 0 Å². The van der Waals surface area contributed by atoms with Gasteiger partial charge in [0.05, 0.1) is 11.1 Å². The summed E-state index contributed by atoms with van der Waals surface area (Å²) in [4.78, 5) is 21.8. The third-order valence-electron chi connectivity index (χ3n) is 5.01. The number of carbonyl (C=O) groups is 1. The molecule has 0 bridgehead atoms. The number of pyridine rings is 1. The third-order valence-corrected chi connectivity index (χ3v) is 5.01. The smallest absolute Gasteiger partial charge is 0.256 e. The maximum absolute atomic E-state index is 13.0. The maximum Gasteiger partial charge on any atom is 0.256 e. The van der Waals surface area contributed by atoms with Gasteiger partial charge in [-0.15, -0.1) is 0 Å². The molecule has 1 aliphatic rings. The Morgan fingerprint density at radius 3 is 2.58 bits per heavy atom. The Labute approximate surface area is 154 Å². The van der Waals surface area contributed by atoms with Gasteiger partial charge in [0.2, 0.25) is 0 Å². The van der Waals surface area contributed by atoms with Crippen LogP contribution in [0.5, 0.6) is 0 Å². The first-order chi connectivity index (χ1) is 12.7. The minimum atomic E-state index is 0.0875. The molecule has 0 spiro atoms. The maximum atomic E-state index is 13.0. The first-order valence-electron chi connectivity index (χ1n) is 9.11. The first-order valence-corrected chi connectivity index (χ1v) is 9.11. The second-order valence-electron chi connectivity index (χ2n) is 6.94. The van der Waals surface area contributed by atoms with Crippen LogP contribution < -0.4 is 0 Å². The molecular weight excluding hydrogens is 322 g/mol. The lowest BCUT2D eigenvalue weighted by atomic mass is 10.1. The lowest BCUT2D eigenvalue weighted by Crippen LogP contribution is -2.48. The quantitative estimate of drug-likeness (QED) is 0.729. The van der Waals surface area contributed by atoms with Crippen LogP contribution in [0.4, 0.5) is 0 Å². The van der Waals surface area contributed by atoms with Crippen LogP contribution in [0.2, 0.25) is 0 Å². The van der Waals surface area contributed by atoms with Gasteiger partial charge in [-0.3, -0.25) is 14.7 Å². The minimum absolute atomic E-state index is 0.0875. The van der Waals surface area contributed by atoms with E-state index in [1.165, 1.54) is 11.1 Å². The van der Waals surface area contributed by atoms with Crippen molar-refractivity contribution in [1.29, 1.82) is 0 Å². The van der Waals surface area contributed by atoms with Crippen molar-refractivity contribution in [3.8, 4) is 0 Å². The lowest BCUT2D eigenvalue weighted by molar-refractivity contribution is 0.0630. The minimum Gasteiger partial charge on any atom is -0.336 e. The van der Waals surface area contributed by atoms with E-state index in [0.29, 0.717) is 5.56 Å². The highest BCUT2D eigenvalue weighted by molar-refractivity contribution is 6.05. The Hall–Kier alpha value is -2.72. The summed E-state index contributed by atoms with van der Waals surface area (Å²) in [7, 11) is 0. The predicted octanol–water partition coefficient (Wildman–Crippen LogP) is 3.50. The summed E-state index contributed by atoms with van der Waals surface area (Å²) in [5.74, 6) is 0.0875. The highest BCUT2D eigenvalue weighted by atomic mass is 16.2.